The van der Waals surface area contributed by atoms with Crippen molar-refractivity contribution in [1.82, 2.24) is 4.90 Å². The Morgan fingerprint density at radius 1 is 1.11 bits per heavy atom. The minimum atomic E-state index is -0.347. The van der Waals surface area contributed by atoms with Crippen molar-refractivity contribution in [3.63, 3.8) is 0 Å². The zero-order chi connectivity index (χ0) is 19.5. The first kappa shape index (κ1) is 17.7. The van der Waals surface area contributed by atoms with Gasteiger partial charge in [0.25, 0.3) is 0 Å². The highest BCUT2D eigenvalue weighted by atomic mass is 16.6. The second-order valence-corrected chi connectivity index (χ2v) is 6.39. The largest absolute Gasteiger partial charge is 0.486 e. The number of hydrogen-bond acceptors (Lipinski definition) is 5. The minimum absolute atomic E-state index is 0.0837. The van der Waals surface area contributed by atoms with Gasteiger partial charge in [-0.05, 0) is 24.3 Å². The minimum Gasteiger partial charge on any atom is -0.486 e. The average Bonchev–Trinajstić information content (AvgIpc) is 3.08. The molecule has 2 aliphatic rings. The van der Waals surface area contributed by atoms with Crippen LogP contribution < -0.4 is 19.7 Å². The summed E-state index contributed by atoms with van der Waals surface area (Å²) in [6, 6.07) is 13.9. The van der Waals surface area contributed by atoms with Crippen LogP contribution in [-0.2, 0) is 4.79 Å². The summed E-state index contributed by atoms with van der Waals surface area (Å²) in [5.41, 5.74) is 1.51. The Morgan fingerprint density at radius 3 is 2.71 bits per heavy atom. The summed E-state index contributed by atoms with van der Waals surface area (Å²) in [5, 5.41) is 11.8. The van der Waals surface area contributed by atoms with Crippen molar-refractivity contribution in [1.29, 1.82) is 5.26 Å². The molecule has 0 saturated carbocycles. The zero-order valence-electron chi connectivity index (χ0n) is 15.1. The van der Waals surface area contributed by atoms with E-state index in [4.69, 9.17) is 14.7 Å². The number of nitrogens with one attached hydrogen (secondary N) is 1. The number of hydrogen-bond donors (Lipinski definition) is 1. The van der Waals surface area contributed by atoms with E-state index in [0.717, 1.165) is 0 Å². The van der Waals surface area contributed by atoms with Gasteiger partial charge in [-0.2, -0.15) is 5.26 Å². The van der Waals surface area contributed by atoms with Crippen molar-refractivity contribution in [3.8, 4) is 17.6 Å². The summed E-state index contributed by atoms with van der Waals surface area (Å²) < 4.78 is 11.1. The fraction of sp³-hybridized carbons (Fsp3) is 0.250. The van der Waals surface area contributed by atoms with Crippen LogP contribution in [0.15, 0.2) is 42.5 Å². The smallest absolute Gasteiger partial charge is 0.325 e. The number of urea groups is 1. The van der Waals surface area contributed by atoms with E-state index in [1.807, 2.05) is 6.07 Å². The Hall–Kier alpha value is -3.73. The van der Waals surface area contributed by atoms with Gasteiger partial charge in [0.1, 0.15) is 25.8 Å². The first-order valence-electron chi connectivity index (χ1n) is 8.91. The molecule has 142 valence electrons. The molecule has 28 heavy (non-hydrogen) atoms. The third-order valence-electron chi connectivity index (χ3n) is 4.59. The van der Waals surface area contributed by atoms with Gasteiger partial charge in [-0.15, -0.1) is 0 Å². The van der Waals surface area contributed by atoms with E-state index < -0.39 is 0 Å². The number of benzene rings is 2. The molecule has 0 spiro atoms. The predicted molar refractivity (Wildman–Crippen MR) is 102 cm³/mol. The van der Waals surface area contributed by atoms with Crippen LogP contribution in [0, 0.1) is 11.3 Å². The summed E-state index contributed by atoms with van der Waals surface area (Å²) in [7, 11) is 0. The van der Waals surface area contributed by atoms with Crippen molar-refractivity contribution in [2.24, 2.45) is 0 Å². The van der Waals surface area contributed by atoms with Crippen LogP contribution in [0.4, 0.5) is 16.2 Å². The fourth-order valence-electron chi connectivity index (χ4n) is 3.22. The second-order valence-electron chi connectivity index (χ2n) is 6.39. The Labute approximate surface area is 161 Å². The summed E-state index contributed by atoms with van der Waals surface area (Å²) in [5.74, 6) is 0.926. The SMILES string of the molecule is N#Cc1ccccc1NC(=O)CN1CCN(c2ccc3c(c2)OCCO3)C1=O. The van der Waals surface area contributed by atoms with Crippen molar-refractivity contribution in [2.75, 3.05) is 43.1 Å². The summed E-state index contributed by atoms with van der Waals surface area (Å²) in [4.78, 5) is 28.2. The third-order valence-corrected chi connectivity index (χ3v) is 4.59. The van der Waals surface area contributed by atoms with Gasteiger partial charge in [-0.3, -0.25) is 9.69 Å². The maximum atomic E-state index is 12.7. The topological polar surface area (TPSA) is 94.9 Å². The molecule has 2 aromatic rings. The molecule has 0 radical (unpaired) electrons. The molecule has 2 heterocycles. The molecule has 3 amide bonds. The second kappa shape index (κ2) is 7.48. The van der Waals surface area contributed by atoms with Gasteiger partial charge < -0.3 is 19.7 Å². The highest BCUT2D eigenvalue weighted by Gasteiger charge is 2.31. The van der Waals surface area contributed by atoms with Crippen LogP contribution in [0.5, 0.6) is 11.5 Å². The first-order valence-corrected chi connectivity index (χ1v) is 8.91. The van der Waals surface area contributed by atoms with Gasteiger partial charge >= 0.3 is 6.03 Å². The van der Waals surface area contributed by atoms with E-state index in [1.54, 1.807) is 47.4 Å². The third kappa shape index (κ3) is 3.42. The molecule has 0 bridgehead atoms. The summed E-state index contributed by atoms with van der Waals surface area (Å²) in [6.45, 7) is 1.80. The number of carbonyl (C=O) groups excluding carboxylic acids is 2. The number of para-hydroxylation sites is 1. The highest BCUT2D eigenvalue weighted by molar-refractivity contribution is 6.00. The average molecular weight is 378 g/mol. The van der Waals surface area contributed by atoms with Gasteiger partial charge in [0.15, 0.2) is 11.5 Å². The lowest BCUT2D eigenvalue weighted by Gasteiger charge is -2.22. The lowest BCUT2D eigenvalue weighted by molar-refractivity contribution is -0.116. The summed E-state index contributed by atoms with van der Waals surface area (Å²) in [6.07, 6.45) is 0. The number of carbonyl (C=O) groups is 2. The van der Waals surface area contributed by atoms with E-state index in [2.05, 4.69) is 5.32 Å². The van der Waals surface area contributed by atoms with E-state index >= 15 is 0 Å². The lowest BCUT2D eigenvalue weighted by Crippen LogP contribution is -2.37. The molecule has 1 fully saturated rings. The van der Waals surface area contributed by atoms with Crippen molar-refractivity contribution in [3.05, 3.63) is 48.0 Å². The Morgan fingerprint density at radius 2 is 1.89 bits per heavy atom. The van der Waals surface area contributed by atoms with E-state index in [9.17, 15) is 9.59 Å². The Bertz CT molecular complexity index is 969. The molecule has 1 N–H and O–H groups in total. The van der Waals surface area contributed by atoms with Gasteiger partial charge in [0.05, 0.1) is 11.3 Å². The molecule has 0 atom stereocenters. The monoisotopic (exact) mass is 378 g/mol. The maximum Gasteiger partial charge on any atom is 0.325 e. The quantitative estimate of drug-likeness (QED) is 0.880. The first-order chi connectivity index (χ1) is 13.7. The van der Waals surface area contributed by atoms with E-state index in [1.165, 1.54) is 4.90 Å². The number of nitrogens with zero attached hydrogens (tertiary/aromatic N) is 3. The molecule has 8 nitrogen and oxygen atoms in total. The molecule has 2 aliphatic heterocycles. The van der Waals surface area contributed by atoms with Gasteiger partial charge in [-0.25, -0.2) is 4.79 Å². The number of amides is 3. The number of ether oxygens (including phenoxy) is 2. The van der Waals surface area contributed by atoms with Gasteiger partial charge in [0, 0.05) is 24.8 Å². The van der Waals surface area contributed by atoms with Crippen LogP contribution in [0.3, 0.4) is 0 Å². The molecule has 0 aromatic heterocycles. The molecule has 2 aromatic carbocycles. The predicted octanol–water partition coefficient (Wildman–Crippen LogP) is 2.21. The number of nitriles is 1. The van der Waals surface area contributed by atoms with Crippen LogP contribution in [0.25, 0.3) is 0 Å². The zero-order valence-corrected chi connectivity index (χ0v) is 15.1. The number of fused-ring (bicyclic) bond motifs is 1. The van der Waals surface area contributed by atoms with Crippen LogP contribution in [0.1, 0.15) is 5.56 Å². The molecular formula is C20H18N4O4. The molecule has 8 heteroatoms. The van der Waals surface area contributed by atoms with Crippen LogP contribution in [-0.4, -0.2) is 49.7 Å². The molecule has 1 saturated heterocycles. The number of anilines is 2. The molecule has 0 unspecified atom stereocenters. The van der Waals surface area contributed by atoms with Crippen LogP contribution >= 0.6 is 0 Å². The lowest BCUT2D eigenvalue weighted by atomic mass is 10.2. The number of rotatable bonds is 4. The summed E-state index contributed by atoms with van der Waals surface area (Å²) >= 11 is 0. The van der Waals surface area contributed by atoms with Crippen molar-refractivity contribution in [2.45, 2.75) is 0 Å². The molecular weight excluding hydrogens is 360 g/mol. The van der Waals surface area contributed by atoms with Gasteiger partial charge in [0.2, 0.25) is 5.91 Å². The Kier molecular flexibility index (Phi) is 4.72. The normalized spacial score (nSPS) is 15.3. The van der Waals surface area contributed by atoms with Crippen LogP contribution in [0.2, 0.25) is 0 Å². The van der Waals surface area contributed by atoms with E-state index in [0.29, 0.717) is 54.7 Å². The van der Waals surface area contributed by atoms with Crippen molar-refractivity contribution < 1.29 is 19.1 Å². The fourth-order valence-corrected chi connectivity index (χ4v) is 3.22. The standard InChI is InChI=1S/C20H18N4O4/c21-12-14-3-1-2-4-16(14)22-19(25)13-23-7-8-24(20(23)26)15-5-6-17-18(11-15)28-10-9-27-17/h1-6,11H,7-10,13H2,(H,22,25). The Balaban J connectivity index is 1.42. The van der Waals surface area contributed by atoms with Crippen molar-refractivity contribution >= 4 is 23.3 Å². The maximum absolute atomic E-state index is 12.7. The molecule has 4 rings (SSSR count). The molecule has 0 aliphatic carbocycles. The highest BCUT2D eigenvalue weighted by Crippen LogP contribution is 2.35. The van der Waals surface area contributed by atoms with Gasteiger partial charge in [-0.1, -0.05) is 12.1 Å². The van der Waals surface area contributed by atoms with E-state index in [-0.39, 0.29) is 18.5 Å².